The van der Waals surface area contributed by atoms with Gasteiger partial charge in [-0.1, -0.05) is 113 Å². The number of aromatic nitrogens is 1. The molecule has 7 heteroatoms. The first-order chi connectivity index (χ1) is 20.0. The molecule has 0 fully saturated rings. The lowest BCUT2D eigenvalue weighted by Crippen LogP contribution is -2.35. The molecule has 3 rings (SSSR count). The summed E-state index contributed by atoms with van der Waals surface area (Å²) in [5.41, 5.74) is 5.96. The first kappa shape index (κ1) is 32.3. The van der Waals surface area contributed by atoms with Crippen molar-refractivity contribution in [2.75, 3.05) is 17.2 Å². The fourth-order valence-corrected chi connectivity index (χ4v) is 5.72. The van der Waals surface area contributed by atoms with Gasteiger partial charge in [-0.2, -0.15) is 4.57 Å². The Morgan fingerprint density at radius 1 is 0.805 bits per heavy atom. The Kier molecular flexibility index (Phi) is 14.4. The van der Waals surface area contributed by atoms with Crippen molar-refractivity contribution in [2.24, 2.45) is 0 Å². The first-order valence-corrected chi connectivity index (χ1v) is 16.3. The van der Waals surface area contributed by atoms with Crippen molar-refractivity contribution in [1.82, 2.24) is 0 Å². The standard InChI is InChI=1S/C34H47N3O3S/c1-4-5-6-7-8-9-10-11-12-13-14-17-23-40-33-30(28(3)38)20-18-22-32(33)36-34(39)35-31-21-16-15-19-29(31)24-37-26-41-25-27(37)2/h15-16,18-22,25-26H,4-14,17,23-24H2,1-3H3,(H-,35,36,39)/p+1. The molecule has 2 amide bonds. The predicted molar refractivity (Wildman–Crippen MR) is 170 cm³/mol. The quantitative estimate of drug-likeness (QED) is 0.0846. The van der Waals surface area contributed by atoms with E-state index in [-0.39, 0.29) is 11.8 Å². The molecule has 3 aromatic rings. The van der Waals surface area contributed by atoms with Gasteiger partial charge in [-0.15, -0.1) is 0 Å². The van der Waals surface area contributed by atoms with Crippen LogP contribution in [-0.2, 0) is 6.54 Å². The molecule has 0 saturated heterocycles. The second kappa shape index (κ2) is 18.3. The van der Waals surface area contributed by atoms with Gasteiger partial charge in [-0.05, 0) is 31.5 Å². The van der Waals surface area contributed by atoms with Crippen LogP contribution < -0.4 is 19.9 Å². The van der Waals surface area contributed by atoms with E-state index < -0.39 is 0 Å². The molecule has 0 spiro atoms. The minimum Gasteiger partial charge on any atom is -0.491 e. The third-order valence-electron chi connectivity index (χ3n) is 7.37. The van der Waals surface area contributed by atoms with Gasteiger partial charge in [0.2, 0.25) is 5.51 Å². The van der Waals surface area contributed by atoms with Crippen LogP contribution in [0, 0.1) is 6.92 Å². The van der Waals surface area contributed by atoms with E-state index in [1.54, 1.807) is 29.5 Å². The SMILES string of the molecule is CCCCCCCCCCCCCCOc1c(NC(=O)Nc2ccccc2C[n+]2cscc2C)cccc1C(C)=O. The number of rotatable bonds is 19. The Morgan fingerprint density at radius 2 is 1.41 bits per heavy atom. The van der Waals surface area contributed by atoms with E-state index in [2.05, 4.69) is 39.9 Å². The average molecular weight is 579 g/mol. The summed E-state index contributed by atoms with van der Waals surface area (Å²) >= 11 is 1.65. The maximum atomic E-state index is 13.1. The smallest absolute Gasteiger partial charge is 0.323 e. The number of benzene rings is 2. The monoisotopic (exact) mass is 578 g/mol. The van der Waals surface area contributed by atoms with Crippen LogP contribution in [0.4, 0.5) is 16.2 Å². The van der Waals surface area contributed by atoms with Crippen molar-refractivity contribution < 1.29 is 18.9 Å². The minimum atomic E-state index is -0.375. The summed E-state index contributed by atoms with van der Waals surface area (Å²) in [7, 11) is 0. The number of nitrogens with one attached hydrogen (secondary N) is 2. The number of anilines is 2. The van der Waals surface area contributed by atoms with Crippen molar-refractivity contribution in [3.05, 3.63) is 70.2 Å². The summed E-state index contributed by atoms with van der Waals surface area (Å²) in [6.07, 6.45) is 15.3. The van der Waals surface area contributed by atoms with E-state index in [0.717, 1.165) is 24.1 Å². The van der Waals surface area contributed by atoms with Crippen LogP contribution in [0.2, 0.25) is 0 Å². The number of carbonyl (C=O) groups excluding carboxylic acids is 2. The predicted octanol–water partition coefficient (Wildman–Crippen LogP) is 9.32. The molecular weight excluding hydrogens is 530 g/mol. The molecule has 0 radical (unpaired) electrons. The van der Waals surface area contributed by atoms with E-state index in [1.165, 1.54) is 76.8 Å². The third-order valence-corrected chi connectivity index (χ3v) is 8.23. The number of ether oxygens (including phenoxy) is 1. The van der Waals surface area contributed by atoms with Gasteiger partial charge in [0.25, 0.3) is 0 Å². The normalized spacial score (nSPS) is 10.9. The highest BCUT2D eigenvalue weighted by Gasteiger charge is 2.17. The van der Waals surface area contributed by atoms with Crippen molar-refractivity contribution in [1.29, 1.82) is 0 Å². The largest absolute Gasteiger partial charge is 0.491 e. The topological polar surface area (TPSA) is 71.3 Å². The number of unbranched alkanes of at least 4 members (excludes halogenated alkanes) is 11. The molecule has 1 heterocycles. The molecule has 0 aliphatic rings. The number of urea groups is 1. The number of hydrogen-bond acceptors (Lipinski definition) is 4. The number of Topliss-reactive ketones (excluding diaryl/α,β-unsaturated/α-hetero) is 1. The summed E-state index contributed by atoms with van der Waals surface area (Å²) < 4.78 is 8.27. The van der Waals surface area contributed by atoms with Crippen LogP contribution in [0.1, 0.15) is 113 Å². The highest BCUT2D eigenvalue weighted by atomic mass is 32.1. The summed E-state index contributed by atoms with van der Waals surface area (Å²) in [5, 5.41) is 8.00. The van der Waals surface area contributed by atoms with Gasteiger partial charge in [0.1, 0.15) is 0 Å². The number of aryl methyl sites for hydroxylation is 1. The number of carbonyl (C=O) groups is 2. The maximum absolute atomic E-state index is 13.1. The third kappa shape index (κ3) is 11.3. The van der Waals surface area contributed by atoms with E-state index in [0.29, 0.717) is 30.2 Å². The number of ketones is 1. The van der Waals surface area contributed by atoms with E-state index >= 15 is 0 Å². The Hall–Kier alpha value is -3.19. The summed E-state index contributed by atoms with van der Waals surface area (Å²) in [6, 6.07) is 12.7. The highest BCUT2D eigenvalue weighted by Crippen LogP contribution is 2.30. The zero-order valence-corrected chi connectivity index (χ0v) is 26.0. The van der Waals surface area contributed by atoms with Gasteiger partial charge in [0, 0.05) is 12.5 Å². The lowest BCUT2D eigenvalue weighted by Gasteiger charge is -2.16. The Morgan fingerprint density at radius 3 is 2.05 bits per heavy atom. The van der Waals surface area contributed by atoms with Crippen LogP contribution in [0.3, 0.4) is 0 Å². The number of para-hydroxylation sites is 2. The van der Waals surface area contributed by atoms with Crippen LogP contribution in [-0.4, -0.2) is 18.4 Å². The van der Waals surface area contributed by atoms with Crippen LogP contribution in [0.5, 0.6) is 5.75 Å². The fraction of sp³-hybridized carbons (Fsp3) is 0.500. The molecule has 2 aromatic carbocycles. The zero-order chi connectivity index (χ0) is 29.3. The van der Waals surface area contributed by atoms with Gasteiger partial charge >= 0.3 is 6.03 Å². The van der Waals surface area contributed by atoms with Crippen molar-refractivity contribution in [3.8, 4) is 5.75 Å². The second-order valence-corrected chi connectivity index (χ2v) is 11.6. The van der Waals surface area contributed by atoms with Crippen molar-refractivity contribution in [2.45, 2.75) is 104 Å². The molecule has 2 N–H and O–H groups in total. The summed E-state index contributed by atoms with van der Waals surface area (Å²) in [6.45, 7) is 7.03. The number of thiazole rings is 1. The highest BCUT2D eigenvalue weighted by molar-refractivity contribution is 7.07. The molecule has 41 heavy (non-hydrogen) atoms. The lowest BCUT2D eigenvalue weighted by molar-refractivity contribution is -0.689. The molecule has 0 unspecified atom stereocenters. The molecule has 6 nitrogen and oxygen atoms in total. The van der Waals surface area contributed by atoms with E-state index in [9.17, 15) is 9.59 Å². The zero-order valence-electron chi connectivity index (χ0n) is 25.2. The van der Waals surface area contributed by atoms with Crippen molar-refractivity contribution in [3.63, 3.8) is 0 Å². The van der Waals surface area contributed by atoms with Crippen LogP contribution in [0.25, 0.3) is 0 Å². The summed E-state index contributed by atoms with van der Waals surface area (Å²) in [4.78, 5) is 25.4. The Labute approximate surface area is 250 Å². The molecule has 222 valence electrons. The van der Waals surface area contributed by atoms with Crippen LogP contribution in [0.15, 0.2) is 53.4 Å². The Bertz CT molecular complexity index is 1220. The molecule has 0 aliphatic heterocycles. The molecule has 0 saturated carbocycles. The molecule has 0 aliphatic carbocycles. The van der Waals surface area contributed by atoms with Gasteiger partial charge in [0.15, 0.2) is 23.8 Å². The first-order valence-electron chi connectivity index (χ1n) is 15.3. The number of amides is 2. The number of nitrogens with zero attached hydrogens (tertiary/aromatic N) is 1. The molecular formula is C34H48N3O3S+. The lowest BCUT2D eigenvalue weighted by atomic mass is 10.1. The second-order valence-electron chi connectivity index (χ2n) is 10.8. The summed E-state index contributed by atoms with van der Waals surface area (Å²) in [5.74, 6) is 0.350. The average Bonchev–Trinajstić information content (AvgIpc) is 3.36. The Balaban J connectivity index is 1.48. The minimum absolute atomic E-state index is 0.0905. The van der Waals surface area contributed by atoms with Crippen LogP contribution >= 0.6 is 11.3 Å². The van der Waals surface area contributed by atoms with E-state index in [1.807, 2.05) is 24.3 Å². The van der Waals surface area contributed by atoms with Gasteiger partial charge in [-0.3, -0.25) is 4.79 Å². The van der Waals surface area contributed by atoms with E-state index in [4.69, 9.17) is 4.74 Å². The molecule has 0 bridgehead atoms. The fourth-order valence-electron chi connectivity index (χ4n) is 4.94. The molecule has 0 atom stereocenters. The van der Waals surface area contributed by atoms with Gasteiger partial charge in [-0.25, -0.2) is 4.79 Å². The van der Waals surface area contributed by atoms with Crippen molar-refractivity contribution >= 4 is 34.5 Å². The maximum Gasteiger partial charge on any atom is 0.323 e. The van der Waals surface area contributed by atoms with Gasteiger partial charge in [0.05, 0.1) is 28.9 Å². The van der Waals surface area contributed by atoms with Gasteiger partial charge < -0.3 is 15.4 Å². The molecule has 1 aromatic heterocycles. The number of hydrogen-bond donors (Lipinski definition) is 2.